The molecule has 0 unspecified atom stereocenters. The molecule has 6 rings (SSSR count). The summed E-state index contributed by atoms with van der Waals surface area (Å²) in [6.07, 6.45) is 1.08. The lowest BCUT2D eigenvalue weighted by atomic mass is 9.96. The third-order valence-corrected chi connectivity index (χ3v) is 11.5. The van der Waals surface area contributed by atoms with E-state index in [0.717, 1.165) is 0 Å². The molecule has 326 valence electrons. The maximum atomic E-state index is 14.4. The number of benzene rings is 2. The number of nitrogens with zero attached hydrogens (tertiary/aromatic N) is 2. The van der Waals surface area contributed by atoms with Gasteiger partial charge in [-0.25, -0.2) is 9.59 Å². The topological polar surface area (TPSA) is 200 Å². The van der Waals surface area contributed by atoms with Gasteiger partial charge in [0, 0.05) is 49.6 Å². The Hall–Kier alpha value is -5.22. The van der Waals surface area contributed by atoms with E-state index in [1.54, 1.807) is 51.3 Å². The van der Waals surface area contributed by atoms with Gasteiger partial charge in [-0.2, -0.15) is 0 Å². The van der Waals surface area contributed by atoms with E-state index >= 15 is 0 Å². The van der Waals surface area contributed by atoms with Crippen LogP contribution >= 0.6 is 0 Å². The number of ether oxygens (including phenoxy) is 2. The Morgan fingerprint density at radius 3 is 1.33 bits per heavy atom. The zero-order valence-corrected chi connectivity index (χ0v) is 35.6. The van der Waals surface area contributed by atoms with Gasteiger partial charge in [0.25, 0.3) is 0 Å². The first-order chi connectivity index (χ1) is 28.5. The number of carbonyl (C=O) groups is 6. The second kappa shape index (κ2) is 19.0. The lowest BCUT2D eigenvalue weighted by molar-refractivity contribution is -0.137. The molecule has 4 saturated heterocycles. The van der Waals surface area contributed by atoms with Crippen LogP contribution in [0.1, 0.15) is 80.1 Å². The average molecular weight is 831 g/mol. The number of unbranched alkanes of at least 4 members (excludes halogenated alkanes) is 1. The standard InChI is InChI=1S/C44H62N8O8/c1-43(2,3)59-41(57)49-33(39(55)51-23-21-31-35(51)29(25-45-31)37(53)47-27-15-9-7-10-16-27)19-13-14-20-34(50-42(58)60-44(4,5)6)40(56)52-24-22-32-36(52)30(26-46-32)38(54)48-28-17-11-8-12-18-28/h7-12,15-18,29-36,45-46H,13-14,19-26H2,1-6H3,(H,47,53)(H,48,54)(H,49,57)(H,50,58)/t29-,30-,31+,32+,33-,34-,35+,36+/m0/s1. The first-order valence-electron chi connectivity index (χ1n) is 21.3. The van der Waals surface area contributed by atoms with Crippen molar-refractivity contribution in [2.24, 2.45) is 11.8 Å². The third-order valence-electron chi connectivity index (χ3n) is 11.5. The number of alkyl carbamates (subject to hydrolysis) is 2. The van der Waals surface area contributed by atoms with Crippen LogP contribution in [0.4, 0.5) is 21.0 Å². The molecule has 6 N–H and O–H groups in total. The molecule has 16 heteroatoms. The lowest BCUT2D eigenvalue weighted by Gasteiger charge is -2.32. The highest BCUT2D eigenvalue weighted by Crippen LogP contribution is 2.33. The summed E-state index contributed by atoms with van der Waals surface area (Å²) in [5, 5.41) is 18.4. The van der Waals surface area contributed by atoms with E-state index in [9.17, 15) is 28.8 Å². The van der Waals surface area contributed by atoms with Crippen LogP contribution in [0.5, 0.6) is 0 Å². The van der Waals surface area contributed by atoms with Crippen LogP contribution in [0.25, 0.3) is 0 Å². The maximum absolute atomic E-state index is 14.4. The molecule has 4 fully saturated rings. The van der Waals surface area contributed by atoms with Gasteiger partial charge in [0.05, 0.1) is 23.9 Å². The second-order valence-corrected chi connectivity index (χ2v) is 18.3. The molecule has 4 aliphatic heterocycles. The van der Waals surface area contributed by atoms with Crippen molar-refractivity contribution in [1.29, 1.82) is 0 Å². The minimum Gasteiger partial charge on any atom is -0.444 e. The summed E-state index contributed by atoms with van der Waals surface area (Å²) in [4.78, 5) is 85.6. The number of rotatable bonds is 13. The molecule has 2 aromatic rings. The van der Waals surface area contributed by atoms with Crippen LogP contribution in [0.15, 0.2) is 60.7 Å². The Balaban J connectivity index is 1.14. The van der Waals surface area contributed by atoms with Crippen LogP contribution in [0, 0.1) is 11.8 Å². The zero-order valence-electron chi connectivity index (χ0n) is 35.6. The summed E-state index contributed by atoms with van der Waals surface area (Å²) in [7, 11) is 0. The summed E-state index contributed by atoms with van der Waals surface area (Å²) >= 11 is 0. The van der Waals surface area contributed by atoms with Crippen molar-refractivity contribution in [1.82, 2.24) is 31.1 Å². The molecule has 0 saturated carbocycles. The van der Waals surface area contributed by atoms with Crippen LogP contribution in [0.3, 0.4) is 0 Å². The summed E-state index contributed by atoms with van der Waals surface area (Å²) < 4.78 is 11.1. The van der Waals surface area contributed by atoms with Gasteiger partial charge in [0.15, 0.2) is 0 Å². The van der Waals surface area contributed by atoms with E-state index < -0.39 is 59.4 Å². The number of carbonyl (C=O) groups excluding carboxylic acids is 6. The minimum atomic E-state index is -0.974. The molecule has 16 nitrogen and oxygen atoms in total. The lowest BCUT2D eigenvalue weighted by Crippen LogP contribution is -2.54. The summed E-state index contributed by atoms with van der Waals surface area (Å²) in [5.41, 5.74) is -0.278. The Labute approximate surface area is 352 Å². The molecule has 0 aromatic heterocycles. The Kier molecular flexibility index (Phi) is 14.0. The van der Waals surface area contributed by atoms with Crippen LogP contribution in [-0.4, -0.2) is 119 Å². The van der Waals surface area contributed by atoms with E-state index in [2.05, 4.69) is 31.9 Å². The fourth-order valence-electron chi connectivity index (χ4n) is 8.90. The van der Waals surface area contributed by atoms with Gasteiger partial charge >= 0.3 is 12.2 Å². The minimum absolute atomic E-state index is 0.0717. The fourth-order valence-corrected chi connectivity index (χ4v) is 8.90. The first kappa shape index (κ1) is 44.3. The summed E-state index contributed by atoms with van der Waals surface area (Å²) in [5.74, 6) is -2.01. The molecule has 8 atom stereocenters. The molecule has 4 heterocycles. The largest absolute Gasteiger partial charge is 0.444 e. The van der Waals surface area contributed by atoms with Gasteiger partial charge in [-0.1, -0.05) is 49.2 Å². The van der Waals surface area contributed by atoms with E-state index in [0.29, 0.717) is 63.2 Å². The van der Waals surface area contributed by atoms with Gasteiger partial charge in [0.1, 0.15) is 23.3 Å². The molecule has 4 aliphatic rings. The van der Waals surface area contributed by atoms with E-state index in [4.69, 9.17) is 9.47 Å². The predicted octanol–water partition coefficient (Wildman–Crippen LogP) is 3.99. The Morgan fingerprint density at radius 1 is 0.617 bits per heavy atom. The maximum Gasteiger partial charge on any atom is 0.408 e. The smallest absolute Gasteiger partial charge is 0.408 e. The van der Waals surface area contributed by atoms with Crippen molar-refractivity contribution < 1.29 is 38.2 Å². The SMILES string of the molecule is CC(C)(C)OC(=O)N[C@@H](CCCC[C@H](NC(=O)OC(C)(C)C)C(=O)N1CC[C@H]2NC[C@H](C(=O)Nc3ccccc3)[C@H]21)C(=O)N1CC[C@H]2NC[C@H](C(=O)Nc3ccccc3)[C@H]21. The van der Waals surface area contributed by atoms with Crippen LogP contribution in [-0.2, 0) is 28.7 Å². The molecule has 2 aromatic carbocycles. The fraction of sp³-hybridized carbons (Fsp3) is 0.591. The molecule has 0 bridgehead atoms. The van der Waals surface area contributed by atoms with Crippen LogP contribution < -0.4 is 31.9 Å². The number of likely N-dealkylation sites (tertiary alicyclic amines) is 2. The van der Waals surface area contributed by atoms with Gasteiger partial charge in [-0.05, 0) is 91.5 Å². The van der Waals surface area contributed by atoms with Gasteiger partial charge in [-0.3, -0.25) is 19.2 Å². The summed E-state index contributed by atoms with van der Waals surface area (Å²) in [6, 6.07) is 15.4. The molecule has 0 spiro atoms. The number of fused-ring (bicyclic) bond motifs is 2. The quantitative estimate of drug-likeness (QED) is 0.161. The van der Waals surface area contributed by atoms with Crippen molar-refractivity contribution in [2.45, 2.75) is 128 Å². The van der Waals surface area contributed by atoms with Gasteiger partial charge < -0.3 is 51.2 Å². The first-order valence-corrected chi connectivity index (χ1v) is 21.3. The van der Waals surface area contributed by atoms with Crippen molar-refractivity contribution in [3.8, 4) is 0 Å². The number of amides is 6. The Bertz CT molecular complexity index is 1720. The number of para-hydroxylation sites is 2. The number of hydrogen-bond donors (Lipinski definition) is 6. The highest BCUT2D eigenvalue weighted by Gasteiger charge is 2.51. The van der Waals surface area contributed by atoms with Crippen LogP contribution in [0.2, 0.25) is 0 Å². The van der Waals surface area contributed by atoms with Gasteiger partial charge in [0.2, 0.25) is 23.6 Å². The predicted molar refractivity (Wildman–Crippen MR) is 226 cm³/mol. The third kappa shape index (κ3) is 11.3. The highest BCUT2D eigenvalue weighted by molar-refractivity contribution is 5.95. The van der Waals surface area contributed by atoms with Crippen molar-refractivity contribution >= 4 is 47.2 Å². The Morgan fingerprint density at radius 2 is 0.983 bits per heavy atom. The van der Waals surface area contributed by atoms with E-state index in [1.165, 1.54) is 0 Å². The number of nitrogens with one attached hydrogen (secondary N) is 6. The normalized spacial score (nSPS) is 24.4. The average Bonchev–Trinajstić information content (AvgIpc) is 3.97. The van der Waals surface area contributed by atoms with E-state index in [1.807, 2.05) is 60.7 Å². The molecule has 0 radical (unpaired) electrons. The molecule has 60 heavy (non-hydrogen) atoms. The monoisotopic (exact) mass is 830 g/mol. The van der Waals surface area contributed by atoms with Crippen molar-refractivity contribution in [2.75, 3.05) is 36.8 Å². The number of anilines is 2. The van der Waals surface area contributed by atoms with Gasteiger partial charge in [-0.15, -0.1) is 0 Å². The second-order valence-electron chi connectivity index (χ2n) is 18.3. The zero-order chi connectivity index (χ0) is 43.2. The highest BCUT2D eigenvalue weighted by atomic mass is 16.6. The molecular weight excluding hydrogens is 769 g/mol. The van der Waals surface area contributed by atoms with E-state index in [-0.39, 0.29) is 48.6 Å². The molecule has 6 amide bonds. The molecule has 0 aliphatic carbocycles. The number of hydrogen-bond acceptors (Lipinski definition) is 10. The van der Waals surface area contributed by atoms with Crippen molar-refractivity contribution in [3.63, 3.8) is 0 Å². The summed E-state index contributed by atoms with van der Waals surface area (Å²) in [6.45, 7) is 12.1. The molecular formula is C44H62N8O8. The van der Waals surface area contributed by atoms with Crippen molar-refractivity contribution in [3.05, 3.63) is 60.7 Å².